The van der Waals surface area contributed by atoms with Crippen LogP contribution in [0.3, 0.4) is 0 Å². The first-order chi connectivity index (χ1) is 10.1. The zero-order valence-corrected chi connectivity index (χ0v) is 13.8. The van der Waals surface area contributed by atoms with Gasteiger partial charge in [0.05, 0.1) is 11.4 Å². The number of aromatic nitrogens is 2. The van der Waals surface area contributed by atoms with Crippen LogP contribution in [0.15, 0.2) is 18.3 Å². The molecular formula is C17H28N4. The summed E-state index contributed by atoms with van der Waals surface area (Å²) in [4.78, 5) is 7.32. The fourth-order valence-corrected chi connectivity index (χ4v) is 2.86. The summed E-state index contributed by atoms with van der Waals surface area (Å²) in [6.07, 6.45) is 4.35. The van der Waals surface area contributed by atoms with Crippen LogP contribution in [0.4, 0.5) is 5.69 Å². The molecule has 0 radical (unpaired) electrons. The minimum Gasteiger partial charge on any atom is -0.398 e. The molecule has 0 aliphatic rings. The number of hydrogen-bond acceptors (Lipinski definition) is 3. The van der Waals surface area contributed by atoms with Gasteiger partial charge >= 0.3 is 0 Å². The van der Waals surface area contributed by atoms with Crippen LogP contribution in [0.2, 0.25) is 0 Å². The van der Waals surface area contributed by atoms with E-state index < -0.39 is 0 Å². The largest absolute Gasteiger partial charge is 0.398 e. The zero-order chi connectivity index (χ0) is 15.4. The Hall–Kier alpha value is -1.55. The van der Waals surface area contributed by atoms with Crippen molar-refractivity contribution in [1.29, 1.82) is 0 Å². The van der Waals surface area contributed by atoms with E-state index in [1.54, 1.807) is 0 Å². The Balaban J connectivity index is 2.43. The molecule has 0 bridgehead atoms. The topological polar surface area (TPSA) is 46.6 Å². The van der Waals surface area contributed by atoms with Gasteiger partial charge in [0.25, 0.3) is 0 Å². The maximum absolute atomic E-state index is 5.96. The van der Waals surface area contributed by atoms with Crippen molar-refractivity contribution >= 4 is 11.3 Å². The van der Waals surface area contributed by atoms with E-state index in [1.807, 2.05) is 18.3 Å². The van der Waals surface area contributed by atoms with Gasteiger partial charge in [-0.05, 0) is 44.0 Å². The SMILES string of the molecule is CCCN(CCC)Cc1c(C(C)C)nc2ccc(N)cn12. The van der Waals surface area contributed by atoms with Crippen molar-refractivity contribution in [3.05, 3.63) is 29.7 Å². The van der Waals surface area contributed by atoms with Crippen molar-refractivity contribution < 1.29 is 0 Å². The molecule has 0 aliphatic carbocycles. The van der Waals surface area contributed by atoms with E-state index >= 15 is 0 Å². The van der Waals surface area contributed by atoms with Crippen LogP contribution >= 0.6 is 0 Å². The molecule has 21 heavy (non-hydrogen) atoms. The van der Waals surface area contributed by atoms with E-state index in [1.165, 1.54) is 24.2 Å². The van der Waals surface area contributed by atoms with Crippen molar-refractivity contribution in [3.8, 4) is 0 Å². The molecule has 0 spiro atoms. The Morgan fingerprint density at radius 1 is 1.19 bits per heavy atom. The number of rotatable bonds is 7. The number of pyridine rings is 1. The van der Waals surface area contributed by atoms with Crippen LogP contribution in [-0.2, 0) is 6.54 Å². The molecule has 116 valence electrons. The van der Waals surface area contributed by atoms with E-state index in [4.69, 9.17) is 10.7 Å². The molecule has 2 aromatic heterocycles. The first-order valence-electron chi connectivity index (χ1n) is 8.05. The standard InChI is InChI=1S/C17H28N4/c1-5-9-20(10-6-2)12-15-17(13(3)4)19-16-8-7-14(18)11-21(15)16/h7-8,11,13H,5-6,9-10,12,18H2,1-4H3. The molecule has 2 heterocycles. The van der Waals surface area contributed by atoms with E-state index in [2.05, 4.69) is 37.0 Å². The molecule has 0 saturated carbocycles. The van der Waals surface area contributed by atoms with Crippen molar-refractivity contribution in [3.63, 3.8) is 0 Å². The number of fused-ring (bicyclic) bond motifs is 1. The number of nitrogens with two attached hydrogens (primary N) is 1. The molecule has 0 aliphatic heterocycles. The summed E-state index contributed by atoms with van der Waals surface area (Å²) in [5.41, 5.74) is 10.2. The van der Waals surface area contributed by atoms with Crippen LogP contribution in [-0.4, -0.2) is 27.4 Å². The van der Waals surface area contributed by atoms with Crippen LogP contribution < -0.4 is 5.73 Å². The minimum atomic E-state index is 0.422. The van der Waals surface area contributed by atoms with Gasteiger partial charge in [-0.25, -0.2) is 4.98 Å². The predicted molar refractivity (Wildman–Crippen MR) is 89.6 cm³/mol. The normalized spacial score (nSPS) is 11.9. The monoisotopic (exact) mass is 288 g/mol. The lowest BCUT2D eigenvalue weighted by Crippen LogP contribution is -2.26. The third kappa shape index (κ3) is 3.56. The molecule has 0 atom stereocenters. The van der Waals surface area contributed by atoms with Gasteiger partial charge in [0, 0.05) is 18.4 Å². The summed E-state index contributed by atoms with van der Waals surface area (Å²) in [5.74, 6) is 0.422. The molecule has 2 aromatic rings. The van der Waals surface area contributed by atoms with E-state index in [9.17, 15) is 0 Å². The molecule has 4 heteroatoms. The average Bonchev–Trinajstić information content (AvgIpc) is 2.78. The number of hydrogen-bond donors (Lipinski definition) is 1. The van der Waals surface area contributed by atoms with Crippen molar-refractivity contribution in [2.75, 3.05) is 18.8 Å². The number of nitrogens with zero attached hydrogens (tertiary/aromatic N) is 3. The summed E-state index contributed by atoms with van der Waals surface area (Å²) in [7, 11) is 0. The molecule has 2 N–H and O–H groups in total. The fraction of sp³-hybridized carbons (Fsp3) is 0.588. The Labute approximate surface area is 128 Å². The highest BCUT2D eigenvalue weighted by molar-refractivity contribution is 5.50. The van der Waals surface area contributed by atoms with Crippen LogP contribution in [0.25, 0.3) is 5.65 Å². The van der Waals surface area contributed by atoms with E-state index in [-0.39, 0.29) is 0 Å². The zero-order valence-electron chi connectivity index (χ0n) is 13.8. The van der Waals surface area contributed by atoms with Gasteiger partial charge in [-0.3, -0.25) is 4.90 Å². The van der Waals surface area contributed by atoms with E-state index in [0.29, 0.717) is 5.92 Å². The molecule has 0 saturated heterocycles. The highest BCUT2D eigenvalue weighted by Gasteiger charge is 2.17. The van der Waals surface area contributed by atoms with E-state index in [0.717, 1.165) is 31.0 Å². The molecule has 2 rings (SSSR count). The Morgan fingerprint density at radius 2 is 1.86 bits per heavy atom. The van der Waals surface area contributed by atoms with Crippen molar-refractivity contribution in [2.24, 2.45) is 0 Å². The first-order valence-corrected chi connectivity index (χ1v) is 8.05. The lowest BCUT2D eigenvalue weighted by Gasteiger charge is -2.22. The number of imidazole rings is 1. The van der Waals surface area contributed by atoms with Crippen molar-refractivity contribution in [1.82, 2.24) is 14.3 Å². The smallest absolute Gasteiger partial charge is 0.137 e. The summed E-state index contributed by atoms with van der Waals surface area (Å²) in [6.45, 7) is 12.1. The molecular weight excluding hydrogens is 260 g/mol. The third-order valence-electron chi connectivity index (χ3n) is 3.77. The second-order valence-corrected chi connectivity index (χ2v) is 6.07. The fourth-order valence-electron chi connectivity index (χ4n) is 2.86. The Morgan fingerprint density at radius 3 is 2.43 bits per heavy atom. The van der Waals surface area contributed by atoms with Gasteiger partial charge in [-0.2, -0.15) is 0 Å². The van der Waals surface area contributed by atoms with Crippen LogP contribution in [0.1, 0.15) is 57.8 Å². The molecule has 0 amide bonds. The summed E-state index contributed by atoms with van der Waals surface area (Å²) >= 11 is 0. The first kappa shape index (κ1) is 15.8. The van der Waals surface area contributed by atoms with Crippen molar-refractivity contribution in [2.45, 2.75) is 53.0 Å². The second-order valence-electron chi connectivity index (χ2n) is 6.07. The molecule has 4 nitrogen and oxygen atoms in total. The number of nitrogen functional groups attached to an aromatic ring is 1. The maximum Gasteiger partial charge on any atom is 0.137 e. The lowest BCUT2D eigenvalue weighted by atomic mass is 10.1. The molecule has 0 aromatic carbocycles. The van der Waals surface area contributed by atoms with Crippen LogP contribution in [0, 0.1) is 0 Å². The van der Waals surface area contributed by atoms with Gasteiger partial charge in [0.1, 0.15) is 5.65 Å². The quantitative estimate of drug-likeness (QED) is 0.845. The second kappa shape index (κ2) is 6.94. The average molecular weight is 288 g/mol. The predicted octanol–water partition coefficient (Wildman–Crippen LogP) is 3.66. The van der Waals surface area contributed by atoms with Gasteiger partial charge in [-0.1, -0.05) is 27.7 Å². The summed E-state index contributed by atoms with van der Waals surface area (Å²) in [5, 5.41) is 0. The van der Waals surface area contributed by atoms with Crippen LogP contribution in [0.5, 0.6) is 0 Å². The van der Waals surface area contributed by atoms with Gasteiger partial charge in [0.15, 0.2) is 0 Å². The molecule has 0 fully saturated rings. The van der Waals surface area contributed by atoms with Gasteiger partial charge in [0.2, 0.25) is 0 Å². The highest BCUT2D eigenvalue weighted by atomic mass is 15.1. The maximum atomic E-state index is 5.96. The lowest BCUT2D eigenvalue weighted by molar-refractivity contribution is 0.261. The minimum absolute atomic E-state index is 0.422. The summed E-state index contributed by atoms with van der Waals surface area (Å²) < 4.78 is 2.17. The Bertz CT molecular complexity index is 580. The summed E-state index contributed by atoms with van der Waals surface area (Å²) in [6, 6.07) is 3.93. The molecule has 0 unspecified atom stereocenters. The number of anilines is 1. The van der Waals surface area contributed by atoms with Gasteiger partial charge < -0.3 is 10.1 Å². The van der Waals surface area contributed by atoms with Gasteiger partial charge in [-0.15, -0.1) is 0 Å². The Kier molecular flexibility index (Phi) is 5.23. The third-order valence-corrected chi connectivity index (χ3v) is 3.77. The highest BCUT2D eigenvalue weighted by Crippen LogP contribution is 2.23.